The summed E-state index contributed by atoms with van der Waals surface area (Å²) in [6.45, 7) is 1.32. The molecule has 0 aliphatic heterocycles. The van der Waals surface area contributed by atoms with Crippen molar-refractivity contribution >= 4 is 5.91 Å². The molecule has 0 atom stereocenters. The van der Waals surface area contributed by atoms with Crippen LogP contribution >= 0.6 is 0 Å². The second kappa shape index (κ2) is 6.58. The number of carbonyl (C=O) groups is 1. The Balaban J connectivity index is 2.35. The van der Waals surface area contributed by atoms with Gasteiger partial charge in [0.15, 0.2) is 0 Å². The van der Waals surface area contributed by atoms with Crippen LogP contribution in [-0.4, -0.2) is 29.1 Å². The summed E-state index contributed by atoms with van der Waals surface area (Å²) in [6.07, 6.45) is 3.78. The molecule has 0 aromatic carbocycles. The highest BCUT2D eigenvalue weighted by Crippen LogP contribution is 1.95. The van der Waals surface area contributed by atoms with Crippen molar-refractivity contribution in [2.45, 2.75) is 19.5 Å². The topological polar surface area (TPSA) is 82.7 Å². The number of amides is 1. The maximum absolute atomic E-state index is 11.4. The van der Waals surface area contributed by atoms with Crippen LogP contribution in [0.4, 0.5) is 0 Å². The third kappa shape index (κ3) is 4.11. The van der Waals surface area contributed by atoms with Crippen molar-refractivity contribution in [1.29, 1.82) is 5.26 Å². The van der Waals surface area contributed by atoms with Crippen molar-refractivity contribution in [2.24, 2.45) is 0 Å². The predicted molar refractivity (Wildman–Crippen MR) is 58.2 cm³/mol. The van der Waals surface area contributed by atoms with Crippen molar-refractivity contribution < 1.29 is 4.79 Å². The Morgan fingerprint density at radius 3 is 3.19 bits per heavy atom. The predicted octanol–water partition coefficient (Wildman–Crippen LogP) is -0.368. The van der Waals surface area contributed by atoms with Gasteiger partial charge in [-0.05, 0) is 7.05 Å². The standard InChI is InChI=1S/C10H15N5O/c1-12-5-9-6-15(8-14-9)7-10(16)13-4-2-3-11/h6,8,12H,2,4-5,7H2,1H3,(H,13,16). The van der Waals surface area contributed by atoms with Crippen LogP contribution in [0.25, 0.3) is 0 Å². The fourth-order valence-electron chi connectivity index (χ4n) is 1.24. The first-order chi connectivity index (χ1) is 7.76. The first-order valence-corrected chi connectivity index (χ1v) is 5.05. The SMILES string of the molecule is CNCc1cn(CC(=O)NCCC#N)cn1. The molecule has 0 spiro atoms. The smallest absolute Gasteiger partial charge is 0.240 e. The summed E-state index contributed by atoms with van der Waals surface area (Å²) in [7, 11) is 1.84. The first kappa shape index (κ1) is 12.2. The molecule has 0 unspecified atom stereocenters. The van der Waals surface area contributed by atoms with E-state index in [1.54, 1.807) is 10.9 Å². The molecule has 1 rings (SSSR count). The van der Waals surface area contributed by atoms with Crippen LogP contribution in [0, 0.1) is 11.3 Å². The van der Waals surface area contributed by atoms with E-state index in [1.807, 2.05) is 19.3 Å². The molecule has 2 N–H and O–H groups in total. The fourth-order valence-corrected chi connectivity index (χ4v) is 1.24. The number of carbonyl (C=O) groups excluding carboxylic acids is 1. The molecule has 0 saturated heterocycles. The lowest BCUT2D eigenvalue weighted by Gasteiger charge is -2.02. The van der Waals surface area contributed by atoms with Crippen LogP contribution in [0.3, 0.4) is 0 Å². The van der Waals surface area contributed by atoms with Gasteiger partial charge in [-0.1, -0.05) is 0 Å². The summed E-state index contributed by atoms with van der Waals surface area (Å²) in [6, 6.07) is 1.97. The van der Waals surface area contributed by atoms with Gasteiger partial charge >= 0.3 is 0 Å². The Kier molecular flexibility index (Phi) is 5.02. The molecule has 0 bridgehead atoms. The van der Waals surface area contributed by atoms with Gasteiger partial charge in [0.2, 0.25) is 5.91 Å². The lowest BCUT2D eigenvalue weighted by molar-refractivity contribution is -0.121. The fraction of sp³-hybridized carbons (Fsp3) is 0.500. The van der Waals surface area contributed by atoms with Gasteiger partial charge in [-0.3, -0.25) is 4.79 Å². The monoisotopic (exact) mass is 221 g/mol. The molecular weight excluding hydrogens is 206 g/mol. The van der Waals surface area contributed by atoms with Gasteiger partial charge in [0.1, 0.15) is 6.54 Å². The second-order valence-corrected chi connectivity index (χ2v) is 3.33. The minimum atomic E-state index is -0.108. The first-order valence-electron chi connectivity index (χ1n) is 5.05. The number of hydrogen-bond acceptors (Lipinski definition) is 4. The Hall–Kier alpha value is -1.87. The van der Waals surface area contributed by atoms with Gasteiger partial charge in [-0.2, -0.15) is 5.26 Å². The summed E-state index contributed by atoms with van der Waals surface area (Å²) < 4.78 is 1.72. The molecule has 16 heavy (non-hydrogen) atoms. The molecule has 0 radical (unpaired) electrons. The number of imidazole rings is 1. The summed E-state index contributed by atoms with van der Waals surface area (Å²) >= 11 is 0. The summed E-state index contributed by atoms with van der Waals surface area (Å²) in [5.41, 5.74) is 0.896. The summed E-state index contributed by atoms with van der Waals surface area (Å²) in [4.78, 5) is 15.5. The molecule has 86 valence electrons. The molecule has 1 heterocycles. The van der Waals surface area contributed by atoms with E-state index in [4.69, 9.17) is 5.26 Å². The van der Waals surface area contributed by atoms with Crippen molar-refractivity contribution in [2.75, 3.05) is 13.6 Å². The lowest BCUT2D eigenvalue weighted by Crippen LogP contribution is -2.27. The van der Waals surface area contributed by atoms with E-state index in [2.05, 4.69) is 15.6 Å². The van der Waals surface area contributed by atoms with E-state index in [-0.39, 0.29) is 12.5 Å². The molecule has 0 aliphatic rings. The zero-order valence-corrected chi connectivity index (χ0v) is 9.23. The highest BCUT2D eigenvalue weighted by Gasteiger charge is 2.03. The Morgan fingerprint density at radius 1 is 1.69 bits per heavy atom. The number of nitriles is 1. The van der Waals surface area contributed by atoms with Crippen LogP contribution < -0.4 is 10.6 Å². The van der Waals surface area contributed by atoms with Crippen molar-refractivity contribution in [3.63, 3.8) is 0 Å². The van der Waals surface area contributed by atoms with E-state index in [0.717, 1.165) is 5.69 Å². The Labute approximate surface area is 94.3 Å². The van der Waals surface area contributed by atoms with Gasteiger partial charge in [0.25, 0.3) is 0 Å². The molecule has 6 nitrogen and oxygen atoms in total. The van der Waals surface area contributed by atoms with Crippen LogP contribution in [0.15, 0.2) is 12.5 Å². The number of aromatic nitrogens is 2. The highest BCUT2D eigenvalue weighted by atomic mass is 16.1. The highest BCUT2D eigenvalue weighted by molar-refractivity contribution is 5.75. The molecule has 1 aromatic heterocycles. The van der Waals surface area contributed by atoms with E-state index >= 15 is 0 Å². The largest absolute Gasteiger partial charge is 0.354 e. The zero-order chi connectivity index (χ0) is 11.8. The Morgan fingerprint density at radius 2 is 2.50 bits per heavy atom. The molecule has 6 heteroatoms. The average Bonchev–Trinajstić information content (AvgIpc) is 2.66. The number of nitrogens with zero attached hydrogens (tertiary/aromatic N) is 3. The third-order valence-corrected chi connectivity index (χ3v) is 1.93. The van der Waals surface area contributed by atoms with Crippen molar-refractivity contribution in [1.82, 2.24) is 20.2 Å². The second-order valence-electron chi connectivity index (χ2n) is 3.33. The van der Waals surface area contributed by atoms with Gasteiger partial charge in [-0.25, -0.2) is 4.98 Å². The summed E-state index contributed by atoms with van der Waals surface area (Å²) in [5, 5.41) is 13.9. The lowest BCUT2D eigenvalue weighted by atomic mass is 10.4. The average molecular weight is 221 g/mol. The van der Waals surface area contributed by atoms with Gasteiger partial charge in [0, 0.05) is 19.3 Å². The normalized spacial score (nSPS) is 9.75. The van der Waals surface area contributed by atoms with E-state index < -0.39 is 0 Å². The van der Waals surface area contributed by atoms with Crippen molar-refractivity contribution in [3.8, 4) is 6.07 Å². The minimum absolute atomic E-state index is 0.108. The van der Waals surface area contributed by atoms with E-state index in [0.29, 0.717) is 19.5 Å². The van der Waals surface area contributed by atoms with Crippen LogP contribution in [0.1, 0.15) is 12.1 Å². The maximum atomic E-state index is 11.4. The number of hydrogen-bond donors (Lipinski definition) is 2. The Bertz CT molecular complexity index is 379. The van der Waals surface area contributed by atoms with E-state index in [1.165, 1.54) is 0 Å². The number of nitrogens with one attached hydrogen (secondary N) is 2. The van der Waals surface area contributed by atoms with Crippen LogP contribution in [0.2, 0.25) is 0 Å². The molecule has 1 aromatic rings. The third-order valence-electron chi connectivity index (χ3n) is 1.93. The molecule has 0 aliphatic carbocycles. The zero-order valence-electron chi connectivity index (χ0n) is 9.23. The van der Waals surface area contributed by atoms with Crippen LogP contribution in [-0.2, 0) is 17.9 Å². The molecule has 0 saturated carbocycles. The van der Waals surface area contributed by atoms with Gasteiger partial charge < -0.3 is 15.2 Å². The molecular formula is C10H15N5O. The molecule has 0 fully saturated rings. The van der Waals surface area contributed by atoms with Gasteiger partial charge in [-0.15, -0.1) is 0 Å². The quantitative estimate of drug-likeness (QED) is 0.642. The summed E-state index contributed by atoms with van der Waals surface area (Å²) in [5.74, 6) is -0.108. The maximum Gasteiger partial charge on any atom is 0.240 e. The van der Waals surface area contributed by atoms with Gasteiger partial charge in [0.05, 0.1) is 24.5 Å². The van der Waals surface area contributed by atoms with Crippen molar-refractivity contribution in [3.05, 3.63) is 18.2 Å². The number of rotatable bonds is 6. The minimum Gasteiger partial charge on any atom is -0.354 e. The van der Waals surface area contributed by atoms with Crippen LogP contribution in [0.5, 0.6) is 0 Å². The van der Waals surface area contributed by atoms with E-state index in [9.17, 15) is 4.79 Å². The molecule has 1 amide bonds.